The molecule has 3 amide bonds. The Hall–Kier alpha value is -4.33. The minimum atomic E-state index is -0.951. The topological polar surface area (TPSA) is 85.4 Å². The van der Waals surface area contributed by atoms with Crippen LogP contribution in [0.5, 0.6) is 17.2 Å². The van der Waals surface area contributed by atoms with E-state index in [1.54, 1.807) is 48.5 Å². The number of imide groups is 1. The maximum absolute atomic E-state index is 13.7. The van der Waals surface area contributed by atoms with Crippen LogP contribution in [0.1, 0.15) is 27.9 Å². The zero-order chi connectivity index (χ0) is 24.5. The van der Waals surface area contributed by atoms with Gasteiger partial charge in [0.05, 0.1) is 19.2 Å². The largest absolute Gasteiger partial charge is 0.497 e. The van der Waals surface area contributed by atoms with E-state index in [-0.39, 0.29) is 31.6 Å². The summed E-state index contributed by atoms with van der Waals surface area (Å²) in [6.45, 7) is 2.17. The van der Waals surface area contributed by atoms with Crippen LogP contribution in [-0.4, -0.2) is 42.6 Å². The lowest BCUT2D eigenvalue weighted by atomic mass is 10.1. The molecule has 0 N–H and O–H groups in total. The number of rotatable bonds is 6. The van der Waals surface area contributed by atoms with Gasteiger partial charge in [0.1, 0.15) is 11.8 Å². The summed E-state index contributed by atoms with van der Waals surface area (Å²) in [7, 11) is 1.52. The fraction of sp³-hybridized carbons (Fsp3) is 0.222. The molecule has 2 aliphatic heterocycles. The molecule has 2 heterocycles. The molecular weight excluding hydrogens is 448 g/mol. The number of hydrogen-bond acceptors (Lipinski definition) is 6. The molecular formula is C27H24N2O6. The number of nitrogens with zero attached hydrogens (tertiary/aromatic N) is 2. The Morgan fingerprint density at radius 1 is 1.03 bits per heavy atom. The van der Waals surface area contributed by atoms with Gasteiger partial charge in [-0.15, -0.1) is 0 Å². The average Bonchev–Trinajstić information content (AvgIpc) is 3.46. The highest BCUT2D eigenvalue weighted by Crippen LogP contribution is 2.34. The number of aryl methyl sites for hydroxylation is 1. The Kier molecular flexibility index (Phi) is 5.86. The minimum Gasteiger partial charge on any atom is -0.497 e. The Labute approximate surface area is 202 Å². The van der Waals surface area contributed by atoms with Crippen molar-refractivity contribution in [3.63, 3.8) is 0 Å². The molecule has 1 saturated heterocycles. The maximum atomic E-state index is 13.7. The van der Waals surface area contributed by atoms with E-state index in [1.165, 1.54) is 12.0 Å². The van der Waals surface area contributed by atoms with Gasteiger partial charge in [0.2, 0.25) is 12.7 Å². The van der Waals surface area contributed by atoms with Crippen molar-refractivity contribution in [2.75, 3.05) is 18.8 Å². The summed E-state index contributed by atoms with van der Waals surface area (Å²) in [5.41, 5.74) is 2.62. The highest BCUT2D eigenvalue weighted by molar-refractivity contribution is 6.23. The van der Waals surface area contributed by atoms with Gasteiger partial charge in [-0.2, -0.15) is 0 Å². The van der Waals surface area contributed by atoms with Crippen LogP contribution in [0.25, 0.3) is 0 Å². The van der Waals surface area contributed by atoms with Gasteiger partial charge in [-0.1, -0.05) is 29.8 Å². The van der Waals surface area contributed by atoms with Crippen LogP contribution in [0.2, 0.25) is 0 Å². The normalized spacial score (nSPS) is 16.5. The summed E-state index contributed by atoms with van der Waals surface area (Å²) in [6, 6.07) is 18.3. The van der Waals surface area contributed by atoms with E-state index in [0.29, 0.717) is 28.5 Å². The number of anilines is 1. The maximum Gasteiger partial charge on any atom is 0.257 e. The fourth-order valence-electron chi connectivity index (χ4n) is 4.31. The number of hydrogen-bond donors (Lipinski definition) is 0. The first kappa shape index (κ1) is 22.5. The predicted octanol–water partition coefficient (Wildman–Crippen LogP) is 3.71. The van der Waals surface area contributed by atoms with Gasteiger partial charge < -0.3 is 19.1 Å². The molecule has 1 atom stereocenters. The second-order valence-electron chi connectivity index (χ2n) is 8.48. The summed E-state index contributed by atoms with van der Waals surface area (Å²) in [5.74, 6) is 0.560. The van der Waals surface area contributed by atoms with Crippen LogP contribution < -0.4 is 19.1 Å². The van der Waals surface area contributed by atoms with Gasteiger partial charge in [-0.05, 0) is 55.0 Å². The van der Waals surface area contributed by atoms with E-state index in [1.807, 2.05) is 25.1 Å². The third-order valence-corrected chi connectivity index (χ3v) is 6.16. The van der Waals surface area contributed by atoms with Crippen LogP contribution in [-0.2, 0) is 16.1 Å². The SMILES string of the molecule is COc1cccc(C(=O)N(Cc2ccc3c(c2)OCO3)C2CC(=O)N(c3ccc(C)cc3)C2=O)c1. The summed E-state index contributed by atoms with van der Waals surface area (Å²) < 4.78 is 16.1. The van der Waals surface area contributed by atoms with Crippen molar-refractivity contribution >= 4 is 23.4 Å². The quantitative estimate of drug-likeness (QED) is 0.509. The van der Waals surface area contributed by atoms with Crippen LogP contribution in [0.3, 0.4) is 0 Å². The Balaban J connectivity index is 1.50. The summed E-state index contributed by atoms with van der Waals surface area (Å²) in [4.78, 5) is 42.8. The standard InChI is InChI=1S/C27H24N2O6/c1-17-6-9-20(10-7-17)29-25(30)14-22(27(29)32)28(26(31)19-4-3-5-21(13-19)33-2)15-18-8-11-23-24(12-18)35-16-34-23/h3-13,22H,14-16H2,1-2H3. The van der Waals surface area contributed by atoms with Crippen LogP contribution in [0.15, 0.2) is 66.7 Å². The zero-order valence-corrected chi connectivity index (χ0v) is 19.4. The summed E-state index contributed by atoms with van der Waals surface area (Å²) >= 11 is 0. The van der Waals surface area contributed by atoms with Crippen molar-refractivity contribution in [2.24, 2.45) is 0 Å². The van der Waals surface area contributed by atoms with E-state index in [2.05, 4.69) is 0 Å². The highest BCUT2D eigenvalue weighted by Gasteiger charge is 2.44. The smallest absolute Gasteiger partial charge is 0.257 e. The second-order valence-corrected chi connectivity index (χ2v) is 8.48. The minimum absolute atomic E-state index is 0.104. The molecule has 178 valence electrons. The van der Waals surface area contributed by atoms with Crippen LogP contribution >= 0.6 is 0 Å². The van der Waals surface area contributed by atoms with Gasteiger partial charge in [-0.25, -0.2) is 4.90 Å². The molecule has 35 heavy (non-hydrogen) atoms. The number of ether oxygens (including phenoxy) is 3. The summed E-state index contributed by atoms with van der Waals surface area (Å²) in [6.07, 6.45) is -0.104. The van der Waals surface area contributed by atoms with E-state index in [0.717, 1.165) is 16.0 Å². The van der Waals surface area contributed by atoms with E-state index >= 15 is 0 Å². The van der Waals surface area contributed by atoms with Gasteiger partial charge in [-0.3, -0.25) is 14.4 Å². The first-order valence-corrected chi connectivity index (χ1v) is 11.2. The molecule has 1 fully saturated rings. The Morgan fingerprint density at radius 3 is 2.57 bits per heavy atom. The molecule has 3 aromatic rings. The number of amides is 3. The van der Waals surface area contributed by atoms with Crippen molar-refractivity contribution in [1.82, 2.24) is 4.90 Å². The lowest BCUT2D eigenvalue weighted by molar-refractivity contribution is -0.122. The van der Waals surface area contributed by atoms with Crippen molar-refractivity contribution < 1.29 is 28.6 Å². The molecule has 0 radical (unpaired) electrons. The lowest BCUT2D eigenvalue weighted by Gasteiger charge is -2.28. The molecule has 0 saturated carbocycles. The molecule has 1 unspecified atom stereocenters. The molecule has 0 aromatic heterocycles. The van der Waals surface area contributed by atoms with Gasteiger partial charge in [0, 0.05) is 12.1 Å². The van der Waals surface area contributed by atoms with Gasteiger partial charge in [0.25, 0.3) is 11.8 Å². The molecule has 8 nitrogen and oxygen atoms in total. The van der Waals surface area contributed by atoms with Crippen molar-refractivity contribution in [3.8, 4) is 17.2 Å². The molecule has 5 rings (SSSR count). The van der Waals surface area contributed by atoms with Crippen LogP contribution in [0, 0.1) is 6.92 Å². The number of benzene rings is 3. The molecule has 8 heteroatoms. The van der Waals surface area contributed by atoms with Crippen molar-refractivity contribution in [1.29, 1.82) is 0 Å². The van der Waals surface area contributed by atoms with E-state index in [4.69, 9.17) is 14.2 Å². The molecule has 0 aliphatic carbocycles. The average molecular weight is 472 g/mol. The molecule has 0 bridgehead atoms. The fourth-order valence-corrected chi connectivity index (χ4v) is 4.31. The molecule has 3 aromatic carbocycles. The van der Waals surface area contributed by atoms with Gasteiger partial charge in [0.15, 0.2) is 11.5 Å². The van der Waals surface area contributed by atoms with Gasteiger partial charge >= 0.3 is 0 Å². The van der Waals surface area contributed by atoms with E-state index < -0.39 is 11.9 Å². The van der Waals surface area contributed by atoms with Crippen LogP contribution in [0.4, 0.5) is 5.69 Å². The Morgan fingerprint density at radius 2 is 1.80 bits per heavy atom. The lowest BCUT2D eigenvalue weighted by Crippen LogP contribution is -2.45. The zero-order valence-electron chi connectivity index (χ0n) is 19.4. The van der Waals surface area contributed by atoms with E-state index in [9.17, 15) is 14.4 Å². The summed E-state index contributed by atoms with van der Waals surface area (Å²) in [5, 5.41) is 0. The third kappa shape index (κ3) is 4.30. The van der Waals surface area contributed by atoms with Crippen molar-refractivity contribution in [3.05, 3.63) is 83.4 Å². The molecule has 0 spiro atoms. The number of fused-ring (bicyclic) bond motifs is 1. The first-order chi connectivity index (χ1) is 16.9. The number of carbonyl (C=O) groups is 3. The number of carbonyl (C=O) groups excluding carboxylic acids is 3. The predicted molar refractivity (Wildman–Crippen MR) is 128 cm³/mol. The second kappa shape index (κ2) is 9.13. The monoisotopic (exact) mass is 472 g/mol. The third-order valence-electron chi connectivity index (χ3n) is 6.16. The Bertz CT molecular complexity index is 1300. The molecule has 2 aliphatic rings. The first-order valence-electron chi connectivity index (χ1n) is 11.2. The number of methoxy groups -OCH3 is 1. The highest BCUT2D eigenvalue weighted by atomic mass is 16.7. The van der Waals surface area contributed by atoms with Crippen molar-refractivity contribution in [2.45, 2.75) is 25.9 Å².